The molecule has 1 heterocycles. The molecule has 1 aromatic carbocycles. The zero-order valence-corrected chi connectivity index (χ0v) is 9.41. The average Bonchev–Trinajstić information content (AvgIpc) is 2.65. The summed E-state index contributed by atoms with van der Waals surface area (Å²) in [6.07, 6.45) is 0. The lowest BCUT2D eigenvalue weighted by Crippen LogP contribution is -1.99. The van der Waals surface area contributed by atoms with Gasteiger partial charge in [0.25, 0.3) is 0 Å². The van der Waals surface area contributed by atoms with Gasteiger partial charge in [0.15, 0.2) is 0 Å². The number of nitrogens with two attached hydrogens (primary N) is 1. The Morgan fingerprint density at radius 1 is 1.33 bits per heavy atom. The van der Waals surface area contributed by atoms with Gasteiger partial charge in [-0.3, -0.25) is 0 Å². The second kappa shape index (κ2) is 4.31. The Hall–Kier alpha value is -0.900. The zero-order chi connectivity index (χ0) is 10.8. The van der Waals surface area contributed by atoms with Crippen LogP contribution in [0.25, 0.3) is 10.4 Å². The molecule has 0 fully saturated rings. The monoisotopic (exact) mass is 241 g/mol. The molecule has 0 atom stereocenters. The van der Waals surface area contributed by atoms with Crippen molar-refractivity contribution in [3.05, 3.63) is 46.0 Å². The summed E-state index contributed by atoms with van der Waals surface area (Å²) in [6.45, 7) is 0.197. The Kier molecular flexibility index (Phi) is 3.05. The summed E-state index contributed by atoms with van der Waals surface area (Å²) in [5.41, 5.74) is 6.87. The van der Waals surface area contributed by atoms with Gasteiger partial charge in [-0.1, -0.05) is 17.7 Å². The summed E-state index contributed by atoms with van der Waals surface area (Å²) in [5.74, 6) is -0.270. The predicted molar refractivity (Wildman–Crippen MR) is 62.6 cm³/mol. The van der Waals surface area contributed by atoms with Gasteiger partial charge >= 0.3 is 0 Å². The fourth-order valence-electron chi connectivity index (χ4n) is 1.37. The average molecular weight is 242 g/mol. The zero-order valence-electron chi connectivity index (χ0n) is 7.84. The smallest absolute Gasteiger partial charge is 0.127 e. The van der Waals surface area contributed by atoms with Gasteiger partial charge in [0.05, 0.1) is 9.90 Å². The summed E-state index contributed by atoms with van der Waals surface area (Å²) in [5, 5.41) is 2.60. The Bertz CT molecular complexity index is 481. The highest BCUT2D eigenvalue weighted by atomic mass is 35.5. The summed E-state index contributed by atoms with van der Waals surface area (Å²) in [4.78, 5) is 0.950. The first kappa shape index (κ1) is 10.6. The van der Waals surface area contributed by atoms with Gasteiger partial charge in [-0.05, 0) is 29.1 Å². The first-order valence-electron chi connectivity index (χ1n) is 4.44. The third-order valence-corrected chi connectivity index (χ3v) is 3.54. The highest BCUT2D eigenvalue weighted by Gasteiger charge is 2.07. The van der Waals surface area contributed by atoms with Crippen LogP contribution in [0.3, 0.4) is 0 Å². The highest BCUT2D eigenvalue weighted by molar-refractivity contribution is 7.14. The molecular formula is C11H9ClFNS. The largest absolute Gasteiger partial charge is 0.326 e. The summed E-state index contributed by atoms with van der Waals surface area (Å²) >= 11 is 7.53. The maximum atomic E-state index is 13.2. The van der Waals surface area contributed by atoms with E-state index in [-0.39, 0.29) is 12.4 Å². The van der Waals surface area contributed by atoms with Crippen molar-refractivity contribution in [3.8, 4) is 10.4 Å². The fraction of sp³-hybridized carbons (Fsp3) is 0.0909. The number of hydrogen-bond acceptors (Lipinski definition) is 2. The van der Waals surface area contributed by atoms with Crippen LogP contribution in [0.4, 0.5) is 4.39 Å². The van der Waals surface area contributed by atoms with Crippen molar-refractivity contribution in [2.45, 2.75) is 6.54 Å². The fourth-order valence-corrected chi connectivity index (χ4v) is 2.54. The maximum Gasteiger partial charge on any atom is 0.127 e. The minimum absolute atomic E-state index is 0.197. The van der Waals surface area contributed by atoms with Gasteiger partial charge in [-0.2, -0.15) is 0 Å². The minimum Gasteiger partial charge on any atom is -0.326 e. The van der Waals surface area contributed by atoms with E-state index in [4.69, 9.17) is 17.3 Å². The maximum absolute atomic E-state index is 13.2. The van der Waals surface area contributed by atoms with E-state index < -0.39 is 0 Å². The quantitative estimate of drug-likeness (QED) is 0.853. The lowest BCUT2D eigenvalue weighted by Gasteiger charge is -2.03. The van der Waals surface area contributed by atoms with Crippen LogP contribution in [0.15, 0.2) is 29.6 Å². The van der Waals surface area contributed by atoms with E-state index in [0.29, 0.717) is 10.6 Å². The highest BCUT2D eigenvalue weighted by Crippen LogP contribution is 2.33. The molecule has 2 aromatic rings. The molecule has 0 aliphatic rings. The van der Waals surface area contributed by atoms with E-state index in [0.717, 1.165) is 10.4 Å². The van der Waals surface area contributed by atoms with Gasteiger partial charge in [-0.25, -0.2) is 4.39 Å². The first-order chi connectivity index (χ1) is 7.22. The van der Waals surface area contributed by atoms with Crippen LogP contribution in [0.1, 0.15) is 5.56 Å². The van der Waals surface area contributed by atoms with Crippen LogP contribution in [0.5, 0.6) is 0 Å². The molecule has 0 aliphatic heterocycles. The number of halogens is 2. The number of hydrogen-bond donors (Lipinski definition) is 1. The van der Waals surface area contributed by atoms with Gasteiger partial charge in [-0.15, -0.1) is 11.3 Å². The van der Waals surface area contributed by atoms with Crippen LogP contribution >= 0.6 is 22.9 Å². The molecule has 1 aromatic heterocycles. The van der Waals surface area contributed by atoms with Crippen LogP contribution < -0.4 is 5.73 Å². The van der Waals surface area contributed by atoms with Crippen molar-refractivity contribution in [2.24, 2.45) is 5.73 Å². The number of rotatable bonds is 2. The van der Waals surface area contributed by atoms with Crippen LogP contribution in [-0.4, -0.2) is 0 Å². The number of benzene rings is 1. The van der Waals surface area contributed by atoms with E-state index in [1.165, 1.54) is 17.4 Å². The Morgan fingerprint density at radius 3 is 2.73 bits per heavy atom. The molecule has 1 nitrogen and oxygen atoms in total. The second-order valence-corrected chi connectivity index (χ2v) is 4.43. The topological polar surface area (TPSA) is 26.0 Å². The second-order valence-electron chi connectivity index (χ2n) is 3.11. The normalized spacial score (nSPS) is 10.6. The van der Waals surface area contributed by atoms with E-state index in [9.17, 15) is 4.39 Å². The van der Waals surface area contributed by atoms with Crippen LogP contribution in [0, 0.1) is 5.82 Å². The Balaban J connectivity index is 2.51. The summed E-state index contributed by atoms with van der Waals surface area (Å²) in [6, 6.07) is 6.71. The molecule has 2 rings (SSSR count). The molecule has 0 unspecified atom stereocenters. The molecule has 15 heavy (non-hydrogen) atoms. The lowest BCUT2D eigenvalue weighted by molar-refractivity contribution is 0.611. The summed E-state index contributed by atoms with van der Waals surface area (Å²) in [7, 11) is 0. The molecule has 0 spiro atoms. The van der Waals surface area contributed by atoms with Crippen molar-refractivity contribution < 1.29 is 4.39 Å². The third kappa shape index (κ3) is 2.04. The van der Waals surface area contributed by atoms with E-state index in [2.05, 4.69) is 0 Å². The van der Waals surface area contributed by atoms with E-state index >= 15 is 0 Å². The molecule has 0 amide bonds. The molecule has 0 saturated carbocycles. The van der Waals surface area contributed by atoms with Gasteiger partial charge in [0.1, 0.15) is 5.82 Å². The molecule has 0 aliphatic carbocycles. The molecule has 4 heteroatoms. The van der Waals surface area contributed by atoms with Gasteiger partial charge in [0.2, 0.25) is 0 Å². The predicted octanol–water partition coefficient (Wildman–Crippen LogP) is 3.67. The number of thiophene rings is 1. The van der Waals surface area contributed by atoms with Crippen molar-refractivity contribution in [1.82, 2.24) is 0 Å². The van der Waals surface area contributed by atoms with Crippen LogP contribution in [-0.2, 0) is 6.54 Å². The van der Waals surface area contributed by atoms with E-state index in [1.54, 1.807) is 12.1 Å². The van der Waals surface area contributed by atoms with Crippen LogP contribution in [0.2, 0.25) is 5.02 Å². The third-order valence-electron chi connectivity index (χ3n) is 2.14. The summed E-state index contributed by atoms with van der Waals surface area (Å²) < 4.78 is 13.2. The Labute approximate surface area is 96.3 Å². The van der Waals surface area contributed by atoms with Gasteiger partial charge in [0, 0.05) is 12.1 Å². The molecule has 0 radical (unpaired) electrons. The SMILES string of the molecule is NCc1cc(-c2sccc2Cl)ccc1F. The lowest BCUT2D eigenvalue weighted by atomic mass is 10.1. The molecule has 0 saturated heterocycles. The molecular weight excluding hydrogens is 233 g/mol. The van der Waals surface area contributed by atoms with Gasteiger partial charge < -0.3 is 5.73 Å². The van der Waals surface area contributed by atoms with Crippen molar-refractivity contribution in [2.75, 3.05) is 0 Å². The van der Waals surface area contributed by atoms with Crippen molar-refractivity contribution in [3.63, 3.8) is 0 Å². The first-order valence-corrected chi connectivity index (χ1v) is 5.70. The van der Waals surface area contributed by atoms with Crippen molar-refractivity contribution in [1.29, 1.82) is 0 Å². The Morgan fingerprint density at radius 2 is 2.13 bits per heavy atom. The molecule has 2 N–H and O–H groups in total. The molecule has 78 valence electrons. The molecule has 0 bridgehead atoms. The standard InChI is InChI=1S/C11H9ClFNS/c12-9-3-4-15-11(9)7-1-2-10(13)8(5-7)6-14/h1-5H,6,14H2. The van der Waals surface area contributed by atoms with E-state index in [1.807, 2.05) is 11.4 Å². The van der Waals surface area contributed by atoms with Crippen molar-refractivity contribution >= 4 is 22.9 Å². The minimum atomic E-state index is -0.270.